The van der Waals surface area contributed by atoms with Crippen LogP contribution < -0.4 is 0 Å². The quantitative estimate of drug-likeness (QED) is 0.294. The lowest BCUT2D eigenvalue weighted by Gasteiger charge is -2.16. The third-order valence-electron chi connectivity index (χ3n) is 3.89. The number of carbonyl (C=O) groups is 1. The molecule has 0 heterocycles. The molecule has 0 spiro atoms. The molecule has 0 aromatic heterocycles. The second-order valence-electron chi connectivity index (χ2n) is 5.92. The number of carbonyl (C=O) groups excluding carboxylic acids is 1. The molecule has 0 saturated carbocycles. The first kappa shape index (κ1) is 19.5. The Labute approximate surface area is 126 Å². The zero-order valence-corrected chi connectivity index (χ0v) is 14.1. The van der Waals surface area contributed by atoms with E-state index >= 15 is 0 Å². The average molecular weight is 284 g/mol. The molecule has 0 N–H and O–H groups in total. The highest BCUT2D eigenvalue weighted by Crippen LogP contribution is 2.20. The van der Waals surface area contributed by atoms with Crippen molar-refractivity contribution in [2.45, 2.75) is 97.8 Å². The molecule has 0 radical (unpaired) electrons. The van der Waals surface area contributed by atoms with E-state index in [4.69, 9.17) is 4.74 Å². The highest BCUT2D eigenvalue weighted by Gasteiger charge is 2.18. The van der Waals surface area contributed by atoms with Crippen molar-refractivity contribution >= 4 is 5.97 Å². The maximum absolute atomic E-state index is 12.1. The molecular formula is C18H36O2. The summed E-state index contributed by atoms with van der Waals surface area (Å²) >= 11 is 0. The van der Waals surface area contributed by atoms with Crippen LogP contribution in [0.4, 0.5) is 0 Å². The Morgan fingerprint density at radius 3 is 1.70 bits per heavy atom. The summed E-state index contributed by atoms with van der Waals surface area (Å²) in [6.45, 7) is 7.18. The number of rotatable bonds is 14. The van der Waals surface area contributed by atoms with Gasteiger partial charge in [-0.3, -0.25) is 4.79 Å². The molecule has 0 rings (SSSR count). The molecule has 0 atom stereocenters. The first-order valence-electron chi connectivity index (χ1n) is 8.92. The van der Waals surface area contributed by atoms with Crippen LogP contribution in [-0.2, 0) is 9.53 Å². The number of esters is 1. The van der Waals surface area contributed by atoms with Crippen LogP contribution in [0.25, 0.3) is 0 Å². The molecule has 120 valence electrons. The maximum Gasteiger partial charge on any atom is 0.308 e. The highest BCUT2D eigenvalue weighted by molar-refractivity contribution is 5.72. The van der Waals surface area contributed by atoms with Crippen molar-refractivity contribution < 1.29 is 9.53 Å². The van der Waals surface area contributed by atoms with E-state index < -0.39 is 0 Å². The van der Waals surface area contributed by atoms with Crippen LogP contribution in [0.15, 0.2) is 0 Å². The Morgan fingerprint density at radius 1 is 0.750 bits per heavy atom. The number of ether oxygens (including phenoxy) is 1. The SMILES string of the molecule is CCCCCCC(CCCCCC)C(=O)OCCCC. The van der Waals surface area contributed by atoms with Gasteiger partial charge in [0.1, 0.15) is 0 Å². The summed E-state index contributed by atoms with van der Waals surface area (Å²) in [5.74, 6) is 0.215. The highest BCUT2D eigenvalue weighted by atomic mass is 16.5. The monoisotopic (exact) mass is 284 g/mol. The molecule has 0 bridgehead atoms. The summed E-state index contributed by atoms with van der Waals surface area (Å²) in [7, 11) is 0. The van der Waals surface area contributed by atoms with E-state index in [0.29, 0.717) is 6.61 Å². The van der Waals surface area contributed by atoms with E-state index in [2.05, 4.69) is 20.8 Å². The molecule has 2 heteroatoms. The topological polar surface area (TPSA) is 26.3 Å². The Bertz CT molecular complexity index is 201. The van der Waals surface area contributed by atoms with E-state index in [1.165, 1.54) is 51.4 Å². The predicted octanol–water partition coefficient (Wildman–Crippen LogP) is 5.89. The van der Waals surface area contributed by atoms with Crippen molar-refractivity contribution in [3.63, 3.8) is 0 Å². The van der Waals surface area contributed by atoms with Crippen LogP contribution in [-0.4, -0.2) is 12.6 Å². The number of unbranched alkanes of at least 4 members (excludes halogenated alkanes) is 7. The van der Waals surface area contributed by atoms with Crippen molar-refractivity contribution in [1.82, 2.24) is 0 Å². The summed E-state index contributed by atoms with van der Waals surface area (Å²) in [6, 6.07) is 0. The minimum Gasteiger partial charge on any atom is -0.465 e. The van der Waals surface area contributed by atoms with Crippen molar-refractivity contribution in [2.75, 3.05) is 6.61 Å². The maximum atomic E-state index is 12.1. The van der Waals surface area contributed by atoms with E-state index in [9.17, 15) is 4.79 Å². The molecule has 0 aliphatic heterocycles. The third-order valence-corrected chi connectivity index (χ3v) is 3.89. The van der Waals surface area contributed by atoms with Crippen molar-refractivity contribution in [2.24, 2.45) is 5.92 Å². The minimum absolute atomic E-state index is 0.0615. The first-order valence-corrected chi connectivity index (χ1v) is 8.92. The van der Waals surface area contributed by atoms with Crippen LogP contribution in [0.5, 0.6) is 0 Å². The van der Waals surface area contributed by atoms with Crippen LogP contribution in [0.2, 0.25) is 0 Å². The lowest BCUT2D eigenvalue weighted by atomic mass is 9.94. The van der Waals surface area contributed by atoms with Gasteiger partial charge in [-0.15, -0.1) is 0 Å². The van der Waals surface area contributed by atoms with Gasteiger partial charge in [-0.2, -0.15) is 0 Å². The zero-order chi connectivity index (χ0) is 15.1. The number of hydrogen-bond acceptors (Lipinski definition) is 2. The molecule has 20 heavy (non-hydrogen) atoms. The fourth-order valence-corrected chi connectivity index (χ4v) is 2.45. The summed E-state index contributed by atoms with van der Waals surface area (Å²) in [6.07, 6.45) is 14.1. The van der Waals surface area contributed by atoms with Crippen molar-refractivity contribution in [1.29, 1.82) is 0 Å². The largest absolute Gasteiger partial charge is 0.465 e. The Kier molecular flexibility index (Phi) is 14.5. The van der Waals surface area contributed by atoms with Crippen LogP contribution in [0.1, 0.15) is 97.8 Å². The minimum atomic E-state index is 0.0615. The second-order valence-corrected chi connectivity index (χ2v) is 5.92. The molecule has 0 saturated heterocycles. The molecule has 0 aliphatic carbocycles. The smallest absolute Gasteiger partial charge is 0.308 e. The van der Waals surface area contributed by atoms with Gasteiger partial charge in [-0.25, -0.2) is 0 Å². The zero-order valence-electron chi connectivity index (χ0n) is 14.1. The normalized spacial score (nSPS) is 11.0. The van der Waals surface area contributed by atoms with Gasteiger partial charge in [0.25, 0.3) is 0 Å². The molecule has 2 nitrogen and oxygen atoms in total. The van der Waals surface area contributed by atoms with Gasteiger partial charge in [0.05, 0.1) is 12.5 Å². The average Bonchev–Trinajstić information content (AvgIpc) is 2.45. The number of hydrogen-bond donors (Lipinski definition) is 0. The summed E-state index contributed by atoms with van der Waals surface area (Å²) in [5.41, 5.74) is 0. The molecule has 0 fully saturated rings. The predicted molar refractivity (Wildman–Crippen MR) is 86.9 cm³/mol. The Morgan fingerprint density at radius 2 is 1.25 bits per heavy atom. The molecule has 0 aromatic rings. The summed E-state index contributed by atoms with van der Waals surface area (Å²) in [4.78, 5) is 12.1. The van der Waals surface area contributed by atoms with Crippen LogP contribution >= 0.6 is 0 Å². The molecule has 0 aromatic carbocycles. The summed E-state index contributed by atoms with van der Waals surface area (Å²) < 4.78 is 5.42. The summed E-state index contributed by atoms with van der Waals surface area (Å²) in [5, 5.41) is 0. The molecule has 0 aliphatic rings. The fraction of sp³-hybridized carbons (Fsp3) is 0.944. The first-order chi connectivity index (χ1) is 9.76. The van der Waals surface area contributed by atoms with Gasteiger partial charge in [0.15, 0.2) is 0 Å². The van der Waals surface area contributed by atoms with Crippen molar-refractivity contribution in [3.8, 4) is 0 Å². The van der Waals surface area contributed by atoms with E-state index in [0.717, 1.165) is 25.7 Å². The third kappa shape index (κ3) is 11.3. The fourth-order valence-electron chi connectivity index (χ4n) is 2.45. The van der Waals surface area contributed by atoms with Gasteiger partial charge in [-0.05, 0) is 19.3 Å². The molecule has 0 unspecified atom stereocenters. The van der Waals surface area contributed by atoms with Gasteiger partial charge >= 0.3 is 5.97 Å². The lowest BCUT2D eigenvalue weighted by Crippen LogP contribution is -2.18. The van der Waals surface area contributed by atoms with Crippen LogP contribution in [0, 0.1) is 5.92 Å². The standard InChI is InChI=1S/C18H36O2/c1-4-7-10-12-14-17(15-13-11-8-5-2)18(19)20-16-9-6-3/h17H,4-16H2,1-3H3. The van der Waals surface area contributed by atoms with Gasteiger partial charge < -0.3 is 4.74 Å². The van der Waals surface area contributed by atoms with Crippen molar-refractivity contribution in [3.05, 3.63) is 0 Å². The Balaban J connectivity index is 3.98. The molecule has 0 amide bonds. The van der Waals surface area contributed by atoms with Gasteiger partial charge in [0, 0.05) is 0 Å². The lowest BCUT2D eigenvalue weighted by molar-refractivity contribution is -0.149. The van der Waals surface area contributed by atoms with E-state index in [1.54, 1.807) is 0 Å². The molecular weight excluding hydrogens is 248 g/mol. The van der Waals surface area contributed by atoms with Gasteiger partial charge in [-0.1, -0.05) is 78.6 Å². The Hall–Kier alpha value is -0.530. The second kappa shape index (κ2) is 14.9. The van der Waals surface area contributed by atoms with Crippen LogP contribution in [0.3, 0.4) is 0 Å². The van der Waals surface area contributed by atoms with Gasteiger partial charge in [0.2, 0.25) is 0 Å². The van der Waals surface area contributed by atoms with E-state index in [-0.39, 0.29) is 11.9 Å². The van der Waals surface area contributed by atoms with E-state index in [1.807, 2.05) is 0 Å².